The van der Waals surface area contributed by atoms with Gasteiger partial charge in [-0.25, -0.2) is 0 Å². The van der Waals surface area contributed by atoms with Gasteiger partial charge in [0.15, 0.2) is 6.29 Å². The number of aromatic nitrogens is 1. The number of halogens is 1. The summed E-state index contributed by atoms with van der Waals surface area (Å²) in [6.07, 6.45) is 3.18. The fraction of sp³-hybridized carbons (Fsp3) is 0.133. The molecule has 0 aliphatic rings. The molecule has 0 aliphatic carbocycles. The van der Waals surface area contributed by atoms with E-state index in [1.54, 1.807) is 25.4 Å². The van der Waals surface area contributed by atoms with Crippen LogP contribution < -0.4 is 16.0 Å². The van der Waals surface area contributed by atoms with Crippen molar-refractivity contribution in [1.29, 1.82) is 5.41 Å². The van der Waals surface area contributed by atoms with Gasteiger partial charge in [0.1, 0.15) is 11.4 Å². The molecule has 114 valence electrons. The Morgan fingerprint density at radius 2 is 2.05 bits per heavy atom. The summed E-state index contributed by atoms with van der Waals surface area (Å²) in [5.74, 6) is 0.306. The summed E-state index contributed by atoms with van der Waals surface area (Å²) < 4.78 is 6.49. The maximum absolute atomic E-state index is 11.9. The first-order valence-electron chi connectivity index (χ1n) is 6.27. The van der Waals surface area contributed by atoms with E-state index in [0.717, 1.165) is 6.21 Å². The van der Waals surface area contributed by atoms with Crippen molar-refractivity contribution in [2.24, 2.45) is 7.05 Å². The zero-order valence-electron chi connectivity index (χ0n) is 12.0. The number of nitrogens with one attached hydrogen (secondary N) is 1. The van der Waals surface area contributed by atoms with E-state index in [4.69, 9.17) is 27.5 Å². The lowest BCUT2D eigenvalue weighted by atomic mass is 9.99. The number of ether oxygens (including phenoxy) is 1. The number of carbonyl (C=O) groups is 1. The predicted molar refractivity (Wildman–Crippen MR) is 86.4 cm³/mol. The first-order chi connectivity index (χ1) is 10.4. The van der Waals surface area contributed by atoms with Crippen LogP contribution in [-0.2, 0) is 7.05 Å². The minimum Gasteiger partial charge on any atom is -0.496 e. The third-order valence-electron chi connectivity index (χ3n) is 3.34. The minimum atomic E-state index is -0.384. The summed E-state index contributed by atoms with van der Waals surface area (Å²) in [6.45, 7) is 0. The summed E-state index contributed by atoms with van der Waals surface area (Å²) in [6, 6.07) is 3.18. The van der Waals surface area contributed by atoms with E-state index in [-0.39, 0.29) is 21.8 Å². The van der Waals surface area contributed by atoms with E-state index in [9.17, 15) is 9.59 Å². The number of hydrogen-bond acceptors (Lipinski definition) is 5. The molecule has 3 N–H and O–H groups in total. The van der Waals surface area contributed by atoms with Crippen LogP contribution in [0.2, 0.25) is 5.02 Å². The predicted octanol–water partition coefficient (Wildman–Crippen LogP) is 2.11. The van der Waals surface area contributed by atoms with Gasteiger partial charge in [-0.15, -0.1) is 0 Å². The van der Waals surface area contributed by atoms with Crippen molar-refractivity contribution in [2.75, 3.05) is 12.8 Å². The van der Waals surface area contributed by atoms with E-state index >= 15 is 0 Å². The Labute approximate surface area is 131 Å². The number of benzene rings is 1. The van der Waals surface area contributed by atoms with E-state index in [0.29, 0.717) is 28.7 Å². The van der Waals surface area contributed by atoms with Gasteiger partial charge in [0, 0.05) is 30.6 Å². The van der Waals surface area contributed by atoms with Crippen molar-refractivity contribution < 1.29 is 9.53 Å². The maximum Gasteiger partial charge on any atom is 0.274 e. The van der Waals surface area contributed by atoms with E-state index in [1.165, 1.54) is 11.7 Å². The number of nitrogens with two attached hydrogens (primary N) is 1. The molecule has 0 unspecified atom stereocenters. The normalized spacial score (nSPS) is 10.3. The molecule has 0 aliphatic heterocycles. The molecule has 2 rings (SSSR count). The SMILES string of the molecule is COc1cc(-c2cn(C)c(=O)c(N)c2C=N)cc(Cl)c1C=O. The van der Waals surface area contributed by atoms with Crippen molar-refractivity contribution in [3.05, 3.63) is 44.8 Å². The first kappa shape index (κ1) is 15.8. The van der Waals surface area contributed by atoms with Gasteiger partial charge in [0.2, 0.25) is 0 Å². The van der Waals surface area contributed by atoms with Crippen LogP contribution in [0.1, 0.15) is 15.9 Å². The summed E-state index contributed by atoms with van der Waals surface area (Å²) in [7, 11) is 2.99. The molecule has 0 saturated carbocycles. The molecule has 1 heterocycles. The molecule has 0 amide bonds. The summed E-state index contributed by atoms with van der Waals surface area (Å²) in [4.78, 5) is 22.9. The lowest BCUT2D eigenvalue weighted by Gasteiger charge is -2.13. The van der Waals surface area contributed by atoms with Crippen LogP contribution in [0.4, 0.5) is 5.69 Å². The molecule has 1 aromatic carbocycles. The van der Waals surface area contributed by atoms with Crippen molar-refractivity contribution in [3.63, 3.8) is 0 Å². The van der Waals surface area contributed by atoms with E-state index < -0.39 is 0 Å². The number of aryl methyl sites for hydroxylation is 1. The zero-order chi connectivity index (χ0) is 16.4. The van der Waals surface area contributed by atoms with Crippen LogP contribution in [0.3, 0.4) is 0 Å². The molecule has 7 heteroatoms. The monoisotopic (exact) mass is 319 g/mol. The van der Waals surface area contributed by atoms with Crippen molar-refractivity contribution in [1.82, 2.24) is 4.57 Å². The molecule has 0 saturated heterocycles. The molecule has 0 bridgehead atoms. The van der Waals surface area contributed by atoms with Gasteiger partial charge in [0.05, 0.1) is 17.7 Å². The van der Waals surface area contributed by atoms with E-state index in [2.05, 4.69) is 0 Å². The van der Waals surface area contributed by atoms with Crippen LogP contribution in [0.15, 0.2) is 23.1 Å². The number of methoxy groups -OCH3 is 1. The second kappa shape index (κ2) is 6.03. The molecular weight excluding hydrogens is 306 g/mol. The Morgan fingerprint density at radius 3 is 2.59 bits per heavy atom. The van der Waals surface area contributed by atoms with Gasteiger partial charge in [-0.2, -0.15) is 0 Å². The van der Waals surface area contributed by atoms with Gasteiger partial charge >= 0.3 is 0 Å². The zero-order valence-corrected chi connectivity index (χ0v) is 12.8. The summed E-state index contributed by atoms with van der Waals surface area (Å²) in [5, 5.41) is 7.71. The highest BCUT2D eigenvalue weighted by atomic mass is 35.5. The minimum absolute atomic E-state index is 0.0236. The van der Waals surface area contributed by atoms with Gasteiger partial charge < -0.3 is 20.4 Å². The molecular formula is C15H14ClN3O3. The number of rotatable bonds is 4. The third kappa shape index (κ3) is 2.48. The highest BCUT2D eigenvalue weighted by molar-refractivity contribution is 6.33. The topological polar surface area (TPSA) is 98.2 Å². The Morgan fingerprint density at radius 1 is 1.36 bits per heavy atom. The third-order valence-corrected chi connectivity index (χ3v) is 3.65. The number of hydrogen-bond donors (Lipinski definition) is 2. The second-order valence-corrected chi connectivity index (χ2v) is 5.03. The molecule has 6 nitrogen and oxygen atoms in total. The number of anilines is 1. The largest absolute Gasteiger partial charge is 0.496 e. The average molecular weight is 320 g/mol. The van der Waals surface area contributed by atoms with Crippen LogP contribution in [-0.4, -0.2) is 24.2 Å². The number of nitrogen functional groups attached to an aromatic ring is 1. The summed E-state index contributed by atoms with van der Waals surface area (Å²) in [5.41, 5.74) is 7.05. The van der Waals surface area contributed by atoms with Crippen molar-refractivity contribution in [2.45, 2.75) is 0 Å². The number of aldehydes is 1. The highest BCUT2D eigenvalue weighted by Gasteiger charge is 2.16. The molecule has 1 aromatic heterocycles. The number of pyridine rings is 1. The summed E-state index contributed by atoms with van der Waals surface area (Å²) >= 11 is 6.10. The second-order valence-electron chi connectivity index (χ2n) is 4.62. The molecule has 0 fully saturated rings. The van der Waals surface area contributed by atoms with Crippen LogP contribution in [0.25, 0.3) is 11.1 Å². The number of carbonyl (C=O) groups excluding carboxylic acids is 1. The lowest BCUT2D eigenvalue weighted by Crippen LogP contribution is -2.22. The quantitative estimate of drug-likeness (QED) is 0.666. The van der Waals surface area contributed by atoms with E-state index in [1.807, 2.05) is 0 Å². The number of nitrogens with zero attached hydrogens (tertiary/aromatic N) is 1. The Kier molecular flexibility index (Phi) is 4.32. The van der Waals surface area contributed by atoms with Gasteiger partial charge in [-0.1, -0.05) is 11.6 Å². The molecule has 2 aromatic rings. The van der Waals surface area contributed by atoms with Crippen LogP contribution >= 0.6 is 11.6 Å². The molecule has 22 heavy (non-hydrogen) atoms. The van der Waals surface area contributed by atoms with Gasteiger partial charge in [-0.05, 0) is 17.7 Å². The Hall–Kier alpha value is -2.60. The Bertz CT molecular complexity index is 828. The molecule has 0 atom stereocenters. The molecule has 0 spiro atoms. The smallest absolute Gasteiger partial charge is 0.274 e. The fourth-order valence-electron chi connectivity index (χ4n) is 2.19. The van der Waals surface area contributed by atoms with Gasteiger partial charge in [-0.3, -0.25) is 9.59 Å². The van der Waals surface area contributed by atoms with Crippen molar-refractivity contribution >= 4 is 29.8 Å². The van der Waals surface area contributed by atoms with Crippen molar-refractivity contribution in [3.8, 4) is 16.9 Å². The fourth-order valence-corrected chi connectivity index (χ4v) is 2.44. The maximum atomic E-state index is 11.9. The first-order valence-corrected chi connectivity index (χ1v) is 6.65. The average Bonchev–Trinajstić information content (AvgIpc) is 2.51. The van der Waals surface area contributed by atoms with Gasteiger partial charge in [0.25, 0.3) is 5.56 Å². The molecule has 0 radical (unpaired) electrons. The highest BCUT2D eigenvalue weighted by Crippen LogP contribution is 2.34. The lowest BCUT2D eigenvalue weighted by molar-refractivity contribution is 0.112. The Balaban J connectivity index is 2.83. The standard InChI is InChI=1S/C15H14ClN3O3/c1-19-6-10(9(5-17)14(18)15(19)21)8-3-12(16)11(7-20)13(4-8)22-2/h3-7,17H,18H2,1-2H3. The van der Waals surface area contributed by atoms with Crippen LogP contribution in [0, 0.1) is 5.41 Å². The van der Waals surface area contributed by atoms with Crippen LogP contribution in [0.5, 0.6) is 5.75 Å².